The molecule has 1 saturated heterocycles. The maximum absolute atomic E-state index is 5.66. The molecule has 20 heavy (non-hydrogen) atoms. The Bertz CT molecular complexity index is 293. The highest BCUT2D eigenvalue weighted by Crippen LogP contribution is 2.33. The lowest BCUT2D eigenvalue weighted by Crippen LogP contribution is -2.56. The third-order valence-corrected chi connectivity index (χ3v) is 5.41. The van der Waals surface area contributed by atoms with Gasteiger partial charge in [-0.25, -0.2) is 0 Å². The molecule has 0 spiro atoms. The van der Waals surface area contributed by atoms with Gasteiger partial charge in [0.2, 0.25) is 0 Å². The van der Waals surface area contributed by atoms with Crippen molar-refractivity contribution in [3.8, 4) is 0 Å². The van der Waals surface area contributed by atoms with E-state index in [0.29, 0.717) is 0 Å². The van der Waals surface area contributed by atoms with Gasteiger partial charge in [0, 0.05) is 24.7 Å². The number of ether oxygens (including phenoxy) is 1. The minimum Gasteiger partial charge on any atom is -0.378 e. The molecule has 1 aliphatic heterocycles. The average molecular weight is 282 g/mol. The second kappa shape index (κ2) is 7.24. The van der Waals surface area contributed by atoms with Gasteiger partial charge in [-0.3, -0.25) is 4.90 Å². The molecule has 0 aromatic carbocycles. The standard InChI is InChI=1S/C17H34N2O/c1-5-14-7-8-16(18-6-2)15(11-14)12-19-9-10-20-13-17(19,3)4/h14-16,18H,5-13H2,1-4H3. The Kier molecular flexibility index (Phi) is 5.88. The first-order chi connectivity index (χ1) is 9.56. The molecule has 3 atom stereocenters. The second-order valence-electron chi connectivity index (χ2n) is 7.32. The summed E-state index contributed by atoms with van der Waals surface area (Å²) in [6.07, 6.45) is 5.53. The van der Waals surface area contributed by atoms with E-state index < -0.39 is 0 Å². The van der Waals surface area contributed by atoms with Gasteiger partial charge in [0.1, 0.15) is 0 Å². The van der Waals surface area contributed by atoms with E-state index >= 15 is 0 Å². The van der Waals surface area contributed by atoms with Crippen LogP contribution in [0, 0.1) is 11.8 Å². The topological polar surface area (TPSA) is 24.5 Å². The largest absolute Gasteiger partial charge is 0.378 e. The highest BCUT2D eigenvalue weighted by molar-refractivity contribution is 4.91. The summed E-state index contributed by atoms with van der Waals surface area (Å²) in [6, 6.07) is 0.724. The third-order valence-electron chi connectivity index (χ3n) is 5.41. The zero-order valence-electron chi connectivity index (χ0n) is 14.0. The fourth-order valence-electron chi connectivity index (χ4n) is 3.98. The Balaban J connectivity index is 1.98. The predicted octanol–water partition coefficient (Wildman–Crippen LogP) is 2.90. The fraction of sp³-hybridized carbons (Fsp3) is 1.00. The molecule has 0 aromatic rings. The molecule has 2 rings (SSSR count). The van der Waals surface area contributed by atoms with Crippen molar-refractivity contribution in [2.24, 2.45) is 11.8 Å². The fourth-order valence-corrected chi connectivity index (χ4v) is 3.98. The number of rotatable bonds is 5. The van der Waals surface area contributed by atoms with Gasteiger partial charge in [-0.15, -0.1) is 0 Å². The van der Waals surface area contributed by atoms with Crippen LogP contribution in [0.3, 0.4) is 0 Å². The lowest BCUT2D eigenvalue weighted by Gasteiger charge is -2.46. The van der Waals surface area contributed by atoms with Crippen molar-refractivity contribution >= 4 is 0 Å². The van der Waals surface area contributed by atoms with Gasteiger partial charge in [-0.2, -0.15) is 0 Å². The smallest absolute Gasteiger partial charge is 0.0645 e. The van der Waals surface area contributed by atoms with Gasteiger partial charge in [0.15, 0.2) is 0 Å². The third kappa shape index (κ3) is 3.96. The van der Waals surface area contributed by atoms with Gasteiger partial charge in [-0.1, -0.05) is 20.3 Å². The van der Waals surface area contributed by atoms with E-state index in [1.165, 1.54) is 32.2 Å². The number of hydrogen-bond donors (Lipinski definition) is 1. The van der Waals surface area contributed by atoms with Crippen molar-refractivity contribution in [1.82, 2.24) is 10.2 Å². The highest BCUT2D eigenvalue weighted by Gasteiger charge is 2.36. The quantitative estimate of drug-likeness (QED) is 0.839. The first-order valence-electron chi connectivity index (χ1n) is 8.63. The van der Waals surface area contributed by atoms with Gasteiger partial charge < -0.3 is 10.1 Å². The van der Waals surface area contributed by atoms with Crippen molar-refractivity contribution in [3.05, 3.63) is 0 Å². The first kappa shape index (κ1) is 16.3. The van der Waals surface area contributed by atoms with E-state index in [9.17, 15) is 0 Å². The first-order valence-corrected chi connectivity index (χ1v) is 8.63. The summed E-state index contributed by atoms with van der Waals surface area (Å²) in [5.41, 5.74) is 0.203. The van der Waals surface area contributed by atoms with Crippen LogP contribution in [0.5, 0.6) is 0 Å². The normalized spacial score (nSPS) is 35.1. The molecule has 1 heterocycles. The van der Waals surface area contributed by atoms with E-state index in [2.05, 4.69) is 37.9 Å². The zero-order valence-corrected chi connectivity index (χ0v) is 14.0. The van der Waals surface area contributed by atoms with E-state index in [4.69, 9.17) is 4.74 Å². The van der Waals surface area contributed by atoms with Crippen molar-refractivity contribution in [2.45, 2.75) is 65.0 Å². The van der Waals surface area contributed by atoms with Crippen LogP contribution in [-0.2, 0) is 4.74 Å². The maximum atomic E-state index is 5.66. The van der Waals surface area contributed by atoms with Gasteiger partial charge >= 0.3 is 0 Å². The van der Waals surface area contributed by atoms with E-state index in [0.717, 1.165) is 44.2 Å². The molecule has 0 amide bonds. The molecule has 3 heteroatoms. The molecule has 0 aromatic heterocycles. The minimum atomic E-state index is 0.203. The SMILES string of the molecule is CCNC1CCC(CC)CC1CN1CCOCC1(C)C. The number of nitrogens with one attached hydrogen (secondary N) is 1. The van der Waals surface area contributed by atoms with Crippen LogP contribution in [0.25, 0.3) is 0 Å². The monoisotopic (exact) mass is 282 g/mol. The van der Waals surface area contributed by atoms with E-state index in [1.807, 2.05) is 0 Å². The van der Waals surface area contributed by atoms with Gasteiger partial charge in [0.25, 0.3) is 0 Å². The van der Waals surface area contributed by atoms with Crippen LogP contribution in [0.15, 0.2) is 0 Å². The lowest BCUT2D eigenvalue weighted by atomic mass is 9.76. The highest BCUT2D eigenvalue weighted by atomic mass is 16.5. The predicted molar refractivity (Wildman–Crippen MR) is 85.1 cm³/mol. The molecule has 3 nitrogen and oxygen atoms in total. The van der Waals surface area contributed by atoms with Gasteiger partial charge in [0.05, 0.1) is 13.2 Å². The van der Waals surface area contributed by atoms with Crippen LogP contribution in [0.4, 0.5) is 0 Å². The van der Waals surface area contributed by atoms with Crippen LogP contribution in [-0.4, -0.2) is 49.3 Å². The van der Waals surface area contributed by atoms with E-state index in [1.54, 1.807) is 0 Å². The molecule has 1 saturated carbocycles. The maximum Gasteiger partial charge on any atom is 0.0645 e. The number of hydrogen-bond acceptors (Lipinski definition) is 3. The van der Waals surface area contributed by atoms with Gasteiger partial charge in [-0.05, 0) is 51.5 Å². The summed E-state index contributed by atoms with van der Waals surface area (Å²) < 4.78 is 5.66. The Morgan fingerprint density at radius 1 is 1.25 bits per heavy atom. The summed E-state index contributed by atoms with van der Waals surface area (Å²) in [7, 11) is 0. The zero-order chi connectivity index (χ0) is 14.6. The molecule has 1 N–H and O–H groups in total. The van der Waals surface area contributed by atoms with Crippen molar-refractivity contribution in [1.29, 1.82) is 0 Å². The molecule has 2 aliphatic rings. The molecule has 2 fully saturated rings. The Morgan fingerprint density at radius 3 is 2.70 bits per heavy atom. The molecule has 0 radical (unpaired) electrons. The molecular weight excluding hydrogens is 248 g/mol. The van der Waals surface area contributed by atoms with Crippen LogP contribution in [0.1, 0.15) is 53.4 Å². The Morgan fingerprint density at radius 2 is 2.05 bits per heavy atom. The molecule has 3 unspecified atom stereocenters. The molecule has 0 bridgehead atoms. The Hall–Kier alpha value is -0.120. The van der Waals surface area contributed by atoms with E-state index in [-0.39, 0.29) is 5.54 Å². The number of morpholine rings is 1. The Labute approximate surface area is 125 Å². The van der Waals surface area contributed by atoms with Crippen LogP contribution < -0.4 is 5.32 Å². The average Bonchev–Trinajstić information content (AvgIpc) is 2.43. The van der Waals surface area contributed by atoms with Crippen molar-refractivity contribution in [3.63, 3.8) is 0 Å². The number of nitrogens with zero attached hydrogens (tertiary/aromatic N) is 1. The minimum absolute atomic E-state index is 0.203. The van der Waals surface area contributed by atoms with Crippen molar-refractivity contribution < 1.29 is 4.74 Å². The van der Waals surface area contributed by atoms with Crippen LogP contribution >= 0.6 is 0 Å². The molecule has 118 valence electrons. The summed E-state index contributed by atoms with van der Waals surface area (Å²) in [5, 5.41) is 3.74. The summed E-state index contributed by atoms with van der Waals surface area (Å²) in [4.78, 5) is 2.67. The lowest BCUT2D eigenvalue weighted by molar-refractivity contribution is -0.0625. The second-order valence-corrected chi connectivity index (χ2v) is 7.32. The molecular formula is C17H34N2O. The summed E-state index contributed by atoms with van der Waals surface area (Å²) in [5.74, 6) is 1.75. The van der Waals surface area contributed by atoms with Crippen molar-refractivity contribution in [2.75, 3.05) is 32.8 Å². The summed E-state index contributed by atoms with van der Waals surface area (Å²) >= 11 is 0. The summed E-state index contributed by atoms with van der Waals surface area (Å²) in [6.45, 7) is 14.5. The van der Waals surface area contributed by atoms with Crippen LogP contribution in [0.2, 0.25) is 0 Å². The molecule has 1 aliphatic carbocycles.